The van der Waals surface area contributed by atoms with Gasteiger partial charge in [0.25, 0.3) is 0 Å². The SMILES string of the molecule is CCCCC(COC)C(=O)O.CCCCOC(=O)CCOC. The van der Waals surface area contributed by atoms with E-state index in [1.807, 2.05) is 6.92 Å². The molecule has 6 nitrogen and oxygen atoms in total. The van der Waals surface area contributed by atoms with Crippen molar-refractivity contribution in [3.05, 3.63) is 0 Å². The summed E-state index contributed by atoms with van der Waals surface area (Å²) in [4.78, 5) is 21.3. The van der Waals surface area contributed by atoms with Crippen molar-refractivity contribution in [3.8, 4) is 0 Å². The molecule has 1 N–H and O–H groups in total. The van der Waals surface area contributed by atoms with E-state index in [1.165, 1.54) is 7.11 Å². The molecule has 0 saturated heterocycles. The van der Waals surface area contributed by atoms with Crippen molar-refractivity contribution >= 4 is 11.9 Å². The molecule has 0 aliphatic heterocycles. The van der Waals surface area contributed by atoms with Crippen LogP contribution in [0, 0.1) is 5.92 Å². The Morgan fingerprint density at radius 1 is 1.00 bits per heavy atom. The largest absolute Gasteiger partial charge is 0.481 e. The highest BCUT2D eigenvalue weighted by Gasteiger charge is 2.15. The molecule has 0 aromatic rings. The second-order valence-corrected chi connectivity index (χ2v) is 4.95. The van der Waals surface area contributed by atoms with E-state index in [4.69, 9.17) is 19.3 Å². The zero-order chi connectivity index (χ0) is 17.2. The van der Waals surface area contributed by atoms with Crippen molar-refractivity contribution in [1.82, 2.24) is 0 Å². The molecule has 0 aromatic heterocycles. The number of esters is 1. The van der Waals surface area contributed by atoms with Crippen LogP contribution in [0.2, 0.25) is 0 Å². The average molecular weight is 320 g/mol. The first kappa shape index (κ1) is 23.1. The standard InChI is InChI=1S/2C8H16O3/c1-3-4-6-11-8(9)5-7-10-2;1-3-4-5-7(6-11-2)8(9)10/h3-7H2,1-2H3;7H,3-6H2,1-2H3,(H,9,10). The fourth-order valence-electron chi connectivity index (χ4n) is 1.52. The summed E-state index contributed by atoms with van der Waals surface area (Å²) < 4.78 is 14.4. The lowest BCUT2D eigenvalue weighted by molar-refractivity contribution is -0.145. The lowest BCUT2D eigenvalue weighted by atomic mass is 10.0. The molecule has 0 rings (SSSR count). The molecule has 0 amide bonds. The average Bonchev–Trinajstić information content (AvgIpc) is 2.50. The van der Waals surface area contributed by atoms with Gasteiger partial charge in [0.1, 0.15) is 0 Å². The van der Waals surface area contributed by atoms with Crippen LogP contribution in [0.25, 0.3) is 0 Å². The van der Waals surface area contributed by atoms with Crippen LogP contribution in [0.15, 0.2) is 0 Å². The van der Waals surface area contributed by atoms with Crippen LogP contribution in [0.5, 0.6) is 0 Å². The van der Waals surface area contributed by atoms with E-state index >= 15 is 0 Å². The summed E-state index contributed by atoms with van der Waals surface area (Å²) in [5, 5.41) is 8.65. The summed E-state index contributed by atoms with van der Waals surface area (Å²) in [5.74, 6) is -1.24. The van der Waals surface area contributed by atoms with Crippen LogP contribution in [-0.4, -0.2) is 51.1 Å². The maximum Gasteiger partial charge on any atom is 0.308 e. The Balaban J connectivity index is 0. The molecule has 0 aliphatic rings. The molecule has 0 radical (unpaired) electrons. The number of carboxylic acid groups (broad SMARTS) is 1. The van der Waals surface area contributed by atoms with Gasteiger partial charge in [0.15, 0.2) is 0 Å². The number of carbonyl (C=O) groups is 2. The predicted octanol–water partition coefficient (Wildman–Crippen LogP) is 2.89. The van der Waals surface area contributed by atoms with Crippen molar-refractivity contribution in [3.63, 3.8) is 0 Å². The third-order valence-corrected chi connectivity index (χ3v) is 2.89. The first-order chi connectivity index (χ1) is 10.5. The maximum absolute atomic E-state index is 10.8. The van der Waals surface area contributed by atoms with Crippen molar-refractivity contribution in [1.29, 1.82) is 0 Å². The van der Waals surface area contributed by atoms with Gasteiger partial charge < -0.3 is 19.3 Å². The van der Waals surface area contributed by atoms with Gasteiger partial charge in [0, 0.05) is 14.2 Å². The molecule has 0 spiro atoms. The van der Waals surface area contributed by atoms with Gasteiger partial charge in [-0.2, -0.15) is 0 Å². The monoisotopic (exact) mass is 320 g/mol. The Bertz CT molecular complexity index is 265. The van der Waals surface area contributed by atoms with Crippen LogP contribution in [0.4, 0.5) is 0 Å². The summed E-state index contributed by atoms with van der Waals surface area (Å²) in [5.41, 5.74) is 0. The minimum absolute atomic E-state index is 0.166. The number of rotatable bonds is 12. The highest BCUT2D eigenvalue weighted by molar-refractivity contribution is 5.70. The molecule has 0 aromatic carbocycles. The molecule has 0 bridgehead atoms. The van der Waals surface area contributed by atoms with Gasteiger partial charge in [-0.1, -0.05) is 33.1 Å². The van der Waals surface area contributed by atoms with Gasteiger partial charge >= 0.3 is 11.9 Å². The number of unbranched alkanes of at least 4 members (excludes halogenated alkanes) is 2. The maximum atomic E-state index is 10.8. The molecule has 22 heavy (non-hydrogen) atoms. The van der Waals surface area contributed by atoms with Crippen molar-refractivity contribution < 1.29 is 28.9 Å². The summed E-state index contributed by atoms with van der Waals surface area (Å²) in [6.45, 7) is 5.42. The predicted molar refractivity (Wildman–Crippen MR) is 84.9 cm³/mol. The van der Waals surface area contributed by atoms with Crippen LogP contribution < -0.4 is 0 Å². The molecule has 0 saturated carbocycles. The smallest absolute Gasteiger partial charge is 0.308 e. The van der Waals surface area contributed by atoms with Crippen LogP contribution in [0.3, 0.4) is 0 Å². The van der Waals surface area contributed by atoms with E-state index in [-0.39, 0.29) is 11.9 Å². The third-order valence-electron chi connectivity index (χ3n) is 2.89. The molecule has 1 atom stereocenters. The van der Waals surface area contributed by atoms with Crippen molar-refractivity contribution in [2.75, 3.05) is 34.0 Å². The summed E-state index contributed by atoms with van der Waals surface area (Å²) in [6, 6.07) is 0. The van der Waals surface area contributed by atoms with E-state index in [0.29, 0.717) is 26.2 Å². The number of carboxylic acids is 1. The summed E-state index contributed by atoms with van der Waals surface area (Å²) in [6.07, 6.45) is 5.07. The van der Waals surface area contributed by atoms with Gasteiger partial charge in [0.05, 0.1) is 32.2 Å². The summed E-state index contributed by atoms with van der Waals surface area (Å²) >= 11 is 0. The minimum atomic E-state index is -0.750. The molecule has 0 aliphatic carbocycles. The fraction of sp³-hybridized carbons (Fsp3) is 0.875. The van der Waals surface area contributed by atoms with E-state index in [2.05, 4.69) is 6.92 Å². The lowest BCUT2D eigenvalue weighted by Gasteiger charge is -2.09. The third kappa shape index (κ3) is 16.9. The number of hydrogen-bond donors (Lipinski definition) is 1. The van der Waals surface area contributed by atoms with Gasteiger partial charge in [-0.05, 0) is 12.8 Å². The van der Waals surface area contributed by atoms with Crippen molar-refractivity contribution in [2.24, 2.45) is 5.92 Å². The van der Waals surface area contributed by atoms with Gasteiger partial charge in [0.2, 0.25) is 0 Å². The zero-order valence-electron chi connectivity index (χ0n) is 14.4. The number of hydrogen-bond acceptors (Lipinski definition) is 5. The van der Waals surface area contributed by atoms with E-state index < -0.39 is 5.97 Å². The Morgan fingerprint density at radius 2 is 1.64 bits per heavy atom. The highest BCUT2D eigenvalue weighted by Crippen LogP contribution is 2.08. The Hall–Kier alpha value is -1.14. The molecular weight excluding hydrogens is 288 g/mol. The molecule has 132 valence electrons. The first-order valence-corrected chi connectivity index (χ1v) is 7.89. The molecule has 6 heteroatoms. The minimum Gasteiger partial charge on any atom is -0.481 e. The molecule has 0 fully saturated rings. The van der Waals surface area contributed by atoms with E-state index in [1.54, 1.807) is 7.11 Å². The van der Waals surface area contributed by atoms with Crippen LogP contribution >= 0.6 is 0 Å². The molecule has 1 unspecified atom stereocenters. The first-order valence-electron chi connectivity index (χ1n) is 7.89. The highest BCUT2D eigenvalue weighted by atomic mass is 16.5. The van der Waals surface area contributed by atoms with E-state index in [9.17, 15) is 9.59 Å². The van der Waals surface area contributed by atoms with Crippen LogP contribution in [-0.2, 0) is 23.8 Å². The Labute approximate surface area is 134 Å². The Morgan fingerprint density at radius 3 is 2.09 bits per heavy atom. The normalized spacial score (nSPS) is 11.3. The van der Waals surface area contributed by atoms with E-state index in [0.717, 1.165) is 32.1 Å². The summed E-state index contributed by atoms with van der Waals surface area (Å²) in [7, 11) is 3.10. The quantitative estimate of drug-likeness (QED) is 0.440. The van der Waals surface area contributed by atoms with Gasteiger partial charge in [-0.25, -0.2) is 0 Å². The number of aliphatic carboxylic acids is 1. The zero-order valence-corrected chi connectivity index (χ0v) is 14.4. The van der Waals surface area contributed by atoms with Gasteiger partial charge in [-0.3, -0.25) is 9.59 Å². The van der Waals surface area contributed by atoms with Crippen molar-refractivity contribution in [2.45, 2.75) is 52.4 Å². The number of ether oxygens (including phenoxy) is 3. The molecular formula is C16H32O6. The molecule has 0 heterocycles. The van der Waals surface area contributed by atoms with Gasteiger partial charge in [-0.15, -0.1) is 0 Å². The lowest BCUT2D eigenvalue weighted by Crippen LogP contribution is -2.18. The fourth-order valence-corrected chi connectivity index (χ4v) is 1.52. The number of methoxy groups -OCH3 is 2. The second kappa shape index (κ2) is 17.9. The second-order valence-electron chi connectivity index (χ2n) is 4.95. The van der Waals surface area contributed by atoms with Crippen LogP contribution in [0.1, 0.15) is 52.4 Å². The Kier molecular flexibility index (Phi) is 18.8. The topological polar surface area (TPSA) is 82.1 Å². The number of carbonyl (C=O) groups excluding carboxylic acids is 1.